The summed E-state index contributed by atoms with van der Waals surface area (Å²) < 4.78 is 0. The van der Waals surface area contributed by atoms with Gasteiger partial charge in [0.05, 0.1) is 10.5 Å². The maximum Gasteiger partial charge on any atom is 0.323 e. The number of benzene rings is 1. The summed E-state index contributed by atoms with van der Waals surface area (Å²) in [5.74, 6) is -1.52. The number of amides is 1. The molecule has 1 aliphatic carbocycles. The first-order chi connectivity index (χ1) is 9.99. The number of carbonyl (C=O) groups is 2. The third-order valence-electron chi connectivity index (χ3n) is 3.12. The number of carboxylic acids is 1. The van der Waals surface area contributed by atoms with E-state index in [1.807, 2.05) is 0 Å². The second-order valence-corrected chi connectivity index (χ2v) is 4.74. The molecule has 1 amide bonds. The quantitative estimate of drug-likeness (QED) is 0.488. The molecule has 1 aromatic rings. The van der Waals surface area contributed by atoms with E-state index >= 15 is 0 Å². The van der Waals surface area contributed by atoms with Gasteiger partial charge in [-0.25, -0.2) is 0 Å². The fraction of sp³-hybridized carbons (Fsp3) is 0.286. The Bertz CT molecular complexity index is 607. The van der Waals surface area contributed by atoms with E-state index in [-0.39, 0.29) is 18.3 Å². The molecule has 0 aromatic heterocycles. The van der Waals surface area contributed by atoms with Crippen LogP contribution in [0.25, 0.3) is 6.08 Å². The molecule has 7 heteroatoms. The van der Waals surface area contributed by atoms with Crippen molar-refractivity contribution >= 4 is 23.6 Å². The van der Waals surface area contributed by atoms with E-state index < -0.39 is 16.8 Å². The standard InChI is InChI=1S/C14H14N2O5/c17-13(15(9-14(18)19)11-6-7-11)8-5-10-3-1-2-4-12(10)16(20)21/h1-5,8,11H,6-7,9H2,(H,18,19). The van der Waals surface area contributed by atoms with E-state index in [9.17, 15) is 19.7 Å². The third kappa shape index (κ3) is 3.88. The topological polar surface area (TPSA) is 101 Å². The van der Waals surface area contributed by atoms with Gasteiger partial charge in [-0.15, -0.1) is 0 Å². The largest absolute Gasteiger partial charge is 0.480 e. The first-order valence-corrected chi connectivity index (χ1v) is 6.43. The molecule has 7 nitrogen and oxygen atoms in total. The van der Waals surface area contributed by atoms with E-state index in [1.165, 1.54) is 35.3 Å². The van der Waals surface area contributed by atoms with Crippen LogP contribution in [0, 0.1) is 10.1 Å². The van der Waals surface area contributed by atoms with Crippen molar-refractivity contribution in [1.29, 1.82) is 0 Å². The number of nitro benzene ring substituents is 1. The molecule has 0 bridgehead atoms. The van der Waals surface area contributed by atoms with Crippen molar-refractivity contribution in [1.82, 2.24) is 4.90 Å². The number of nitro groups is 1. The Balaban J connectivity index is 2.14. The number of carbonyl (C=O) groups excluding carboxylic acids is 1. The van der Waals surface area contributed by atoms with Crippen LogP contribution in [0.4, 0.5) is 5.69 Å². The van der Waals surface area contributed by atoms with Crippen molar-refractivity contribution in [3.63, 3.8) is 0 Å². The molecular formula is C14H14N2O5. The van der Waals surface area contributed by atoms with E-state index in [0.29, 0.717) is 5.56 Å². The van der Waals surface area contributed by atoms with E-state index in [1.54, 1.807) is 6.07 Å². The Kier molecular flexibility index (Phi) is 4.32. The monoisotopic (exact) mass is 290 g/mol. The van der Waals surface area contributed by atoms with Crippen LogP contribution in [0.2, 0.25) is 0 Å². The molecule has 0 atom stereocenters. The van der Waals surface area contributed by atoms with E-state index in [4.69, 9.17) is 5.11 Å². The molecule has 1 aliphatic rings. The molecule has 1 fully saturated rings. The maximum absolute atomic E-state index is 12.0. The number of aliphatic carboxylic acids is 1. The van der Waals surface area contributed by atoms with Crippen LogP contribution < -0.4 is 0 Å². The summed E-state index contributed by atoms with van der Waals surface area (Å²) in [6.45, 7) is -0.356. The molecule has 2 rings (SSSR count). The minimum Gasteiger partial charge on any atom is -0.480 e. The van der Waals surface area contributed by atoms with E-state index in [0.717, 1.165) is 12.8 Å². The number of hydrogen-bond acceptors (Lipinski definition) is 4. The van der Waals surface area contributed by atoms with Crippen LogP contribution in [0.15, 0.2) is 30.3 Å². The zero-order valence-electron chi connectivity index (χ0n) is 11.1. The van der Waals surface area contributed by atoms with Crippen LogP contribution >= 0.6 is 0 Å². The second kappa shape index (κ2) is 6.17. The Morgan fingerprint density at radius 2 is 2.05 bits per heavy atom. The fourth-order valence-corrected chi connectivity index (χ4v) is 1.97. The Hall–Kier alpha value is -2.70. The van der Waals surface area contributed by atoms with Crippen LogP contribution in [0.3, 0.4) is 0 Å². The van der Waals surface area contributed by atoms with Gasteiger partial charge in [0.1, 0.15) is 6.54 Å². The molecule has 0 heterocycles. The lowest BCUT2D eigenvalue weighted by Crippen LogP contribution is -2.36. The predicted octanol–water partition coefficient (Wildman–Crippen LogP) is 1.68. The first-order valence-electron chi connectivity index (χ1n) is 6.43. The van der Waals surface area contributed by atoms with Gasteiger partial charge in [0.2, 0.25) is 5.91 Å². The highest BCUT2D eigenvalue weighted by Crippen LogP contribution is 2.27. The van der Waals surface area contributed by atoms with Crippen LogP contribution in [-0.2, 0) is 9.59 Å². The van der Waals surface area contributed by atoms with Crippen molar-refractivity contribution < 1.29 is 19.6 Å². The number of para-hydroxylation sites is 1. The molecule has 110 valence electrons. The van der Waals surface area contributed by atoms with Gasteiger partial charge in [-0.05, 0) is 25.0 Å². The number of hydrogen-bond donors (Lipinski definition) is 1. The molecular weight excluding hydrogens is 276 g/mol. The zero-order valence-corrected chi connectivity index (χ0v) is 11.1. The normalized spacial score (nSPS) is 14.1. The molecule has 0 unspecified atom stereocenters. The summed E-state index contributed by atoms with van der Waals surface area (Å²) in [6.07, 6.45) is 4.11. The average molecular weight is 290 g/mol. The van der Waals surface area contributed by atoms with Crippen molar-refractivity contribution in [2.75, 3.05) is 6.54 Å². The van der Waals surface area contributed by atoms with Gasteiger partial charge in [0.25, 0.3) is 5.69 Å². The summed E-state index contributed by atoms with van der Waals surface area (Å²) in [7, 11) is 0. The molecule has 1 saturated carbocycles. The van der Waals surface area contributed by atoms with Crippen LogP contribution in [0.1, 0.15) is 18.4 Å². The smallest absolute Gasteiger partial charge is 0.323 e. The Labute approximate surface area is 120 Å². The molecule has 1 N–H and O–H groups in total. The number of carboxylic acid groups (broad SMARTS) is 1. The third-order valence-corrected chi connectivity index (χ3v) is 3.12. The molecule has 0 saturated heterocycles. The summed E-state index contributed by atoms with van der Waals surface area (Å²) in [5.41, 5.74) is 0.208. The first kappa shape index (κ1) is 14.7. The zero-order chi connectivity index (χ0) is 15.4. The lowest BCUT2D eigenvalue weighted by molar-refractivity contribution is -0.385. The van der Waals surface area contributed by atoms with Crippen molar-refractivity contribution in [2.45, 2.75) is 18.9 Å². The Morgan fingerprint density at radius 1 is 1.38 bits per heavy atom. The van der Waals surface area contributed by atoms with Crippen LogP contribution in [0.5, 0.6) is 0 Å². The SMILES string of the molecule is O=C(O)CN(C(=O)C=Cc1ccccc1[N+](=O)[O-])C1CC1. The van der Waals surface area contributed by atoms with Crippen molar-refractivity contribution in [2.24, 2.45) is 0 Å². The maximum atomic E-state index is 12.0. The molecule has 21 heavy (non-hydrogen) atoms. The van der Waals surface area contributed by atoms with Crippen molar-refractivity contribution in [3.8, 4) is 0 Å². The summed E-state index contributed by atoms with van der Waals surface area (Å²) >= 11 is 0. The van der Waals surface area contributed by atoms with Gasteiger partial charge in [-0.3, -0.25) is 19.7 Å². The van der Waals surface area contributed by atoms with Gasteiger partial charge < -0.3 is 10.0 Å². The summed E-state index contributed by atoms with van der Waals surface area (Å²) in [6, 6.07) is 6.01. The Morgan fingerprint density at radius 3 is 2.62 bits per heavy atom. The van der Waals surface area contributed by atoms with E-state index in [2.05, 4.69) is 0 Å². The van der Waals surface area contributed by atoms with Crippen LogP contribution in [-0.4, -0.2) is 39.4 Å². The van der Waals surface area contributed by atoms with Gasteiger partial charge >= 0.3 is 5.97 Å². The fourth-order valence-electron chi connectivity index (χ4n) is 1.97. The molecule has 0 spiro atoms. The lowest BCUT2D eigenvalue weighted by Gasteiger charge is -2.17. The van der Waals surface area contributed by atoms with Gasteiger partial charge in [-0.1, -0.05) is 12.1 Å². The molecule has 1 aromatic carbocycles. The minimum atomic E-state index is -1.07. The van der Waals surface area contributed by atoms with Gasteiger partial charge in [0.15, 0.2) is 0 Å². The second-order valence-electron chi connectivity index (χ2n) is 4.74. The highest BCUT2D eigenvalue weighted by molar-refractivity contribution is 5.94. The van der Waals surface area contributed by atoms with Gasteiger partial charge in [0, 0.05) is 18.2 Å². The summed E-state index contributed by atoms with van der Waals surface area (Å²) in [5, 5.41) is 19.7. The highest BCUT2D eigenvalue weighted by atomic mass is 16.6. The minimum absolute atomic E-state index is 0.0380. The molecule has 0 radical (unpaired) electrons. The molecule has 0 aliphatic heterocycles. The number of rotatable bonds is 6. The lowest BCUT2D eigenvalue weighted by atomic mass is 10.1. The predicted molar refractivity (Wildman–Crippen MR) is 74.5 cm³/mol. The number of nitrogens with zero attached hydrogens (tertiary/aromatic N) is 2. The average Bonchev–Trinajstić information content (AvgIpc) is 3.26. The van der Waals surface area contributed by atoms with Crippen molar-refractivity contribution in [3.05, 3.63) is 46.0 Å². The highest BCUT2D eigenvalue weighted by Gasteiger charge is 2.32. The summed E-state index contributed by atoms with van der Waals surface area (Å²) in [4.78, 5) is 34.4. The van der Waals surface area contributed by atoms with Gasteiger partial charge in [-0.2, -0.15) is 0 Å².